The van der Waals surface area contributed by atoms with Crippen LogP contribution < -0.4 is 16.4 Å². The number of nitrogens with one attached hydrogen (secondary N) is 2. The first kappa shape index (κ1) is 16.8. The molecule has 0 saturated carbocycles. The van der Waals surface area contributed by atoms with Crippen molar-refractivity contribution >= 4 is 29.4 Å². The lowest BCUT2D eigenvalue weighted by molar-refractivity contribution is -0.119. The third-order valence-electron chi connectivity index (χ3n) is 3.10. The lowest BCUT2D eigenvalue weighted by atomic mass is 10.1. The summed E-state index contributed by atoms with van der Waals surface area (Å²) in [5, 5.41) is 5.66. The highest BCUT2D eigenvalue weighted by atomic mass is 35.5. The van der Waals surface area contributed by atoms with Crippen LogP contribution in [0.25, 0.3) is 0 Å². The van der Waals surface area contributed by atoms with Crippen LogP contribution in [-0.4, -0.2) is 16.9 Å². The average Bonchev–Trinajstić information content (AvgIpc) is 2.44. The first-order valence-electron chi connectivity index (χ1n) is 6.93. The molecule has 0 saturated heterocycles. The number of carbonyl (C=O) groups is 2. The van der Waals surface area contributed by atoms with Crippen LogP contribution in [0.1, 0.15) is 22.9 Å². The van der Waals surface area contributed by atoms with Gasteiger partial charge in [-0.2, -0.15) is 0 Å². The molecular weight excluding hydrogens is 316 g/mol. The third-order valence-corrected chi connectivity index (χ3v) is 3.35. The molecular formula is C16H17ClN4O2. The van der Waals surface area contributed by atoms with E-state index >= 15 is 0 Å². The molecule has 1 heterocycles. The van der Waals surface area contributed by atoms with Crippen molar-refractivity contribution in [2.24, 2.45) is 5.73 Å². The number of aromatic nitrogens is 1. The molecule has 23 heavy (non-hydrogen) atoms. The number of carbonyl (C=O) groups excluding carboxylic acids is 2. The number of nitrogens with zero attached hydrogens (tertiary/aromatic N) is 1. The quantitative estimate of drug-likeness (QED) is 0.803. The van der Waals surface area contributed by atoms with Crippen molar-refractivity contribution in [2.75, 3.05) is 5.32 Å². The fourth-order valence-electron chi connectivity index (χ4n) is 2.16. The lowest BCUT2D eigenvalue weighted by Gasteiger charge is -2.16. The molecule has 7 heteroatoms. The van der Waals surface area contributed by atoms with Crippen molar-refractivity contribution in [3.8, 4) is 0 Å². The first-order chi connectivity index (χ1) is 10.8. The van der Waals surface area contributed by atoms with Crippen LogP contribution in [0.4, 0.5) is 10.6 Å². The van der Waals surface area contributed by atoms with Crippen LogP contribution in [0.5, 0.6) is 0 Å². The van der Waals surface area contributed by atoms with E-state index in [1.165, 1.54) is 0 Å². The van der Waals surface area contributed by atoms with Crippen molar-refractivity contribution in [3.63, 3.8) is 0 Å². The van der Waals surface area contributed by atoms with E-state index in [0.717, 1.165) is 11.3 Å². The number of aryl methyl sites for hydroxylation is 2. The van der Waals surface area contributed by atoms with E-state index in [2.05, 4.69) is 15.6 Å². The minimum absolute atomic E-state index is 0.402. The summed E-state index contributed by atoms with van der Waals surface area (Å²) in [6, 6.07) is 8.60. The van der Waals surface area contributed by atoms with Crippen molar-refractivity contribution < 1.29 is 9.59 Å². The van der Waals surface area contributed by atoms with E-state index in [9.17, 15) is 9.59 Å². The second-order valence-corrected chi connectivity index (χ2v) is 5.59. The van der Waals surface area contributed by atoms with Crippen LogP contribution in [-0.2, 0) is 4.79 Å². The summed E-state index contributed by atoms with van der Waals surface area (Å²) >= 11 is 5.81. The van der Waals surface area contributed by atoms with Crippen LogP contribution in [0.3, 0.4) is 0 Å². The van der Waals surface area contributed by atoms with E-state index in [-0.39, 0.29) is 0 Å². The number of halogens is 1. The Balaban J connectivity index is 2.12. The number of amides is 3. The van der Waals surface area contributed by atoms with Crippen LogP contribution in [0.15, 0.2) is 36.4 Å². The molecule has 2 aromatic rings. The maximum atomic E-state index is 12.1. The van der Waals surface area contributed by atoms with Crippen molar-refractivity contribution in [3.05, 3.63) is 58.2 Å². The van der Waals surface area contributed by atoms with E-state index in [0.29, 0.717) is 16.4 Å². The molecule has 0 spiro atoms. The van der Waals surface area contributed by atoms with Gasteiger partial charge in [-0.1, -0.05) is 23.7 Å². The number of nitrogens with two attached hydrogens (primary N) is 1. The Morgan fingerprint density at radius 2 is 1.83 bits per heavy atom. The van der Waals surface area contributed by atoms with E-state index in [1.807, 2.05) is 19.9 Å². The van der Waals surface area contributed by atoms with Gasteiger partial charge in [0, 0.05) is 10.7 Å². The van der Waals surface area contributed by atoms with Gasteiger partial charge in [0.05, 0.1) is 0 Å². The van der Waals surface area contributed by atoms with Gasteiger partial charge in [0.2, 0.25) is 5.91 Å². The standard InChI is InChI=1S/C16H17ClN4O2/c1-9-7-10(2)19-13(8-9)20-16(23)21-14(15(18)22)11-3-5-12(17)6-4-11/h3-8,14H,1-2H3,(H2,18,22)(H2,19,20,21,23). The zero-order chi connectivity index (χ0) is 17.0. The molecule has 0 aliphatic carbocycles. The SMILES string of the molecule is Cc1cc(C)nc(NC(=O)NC(C(N)=O)c2ccc(Cl)cc2)c1. The molecule has 120 valence electrons. The number of anilines is 1. The minimum atomic E-state index is -0.960. The predicted molar refractivity (Wildman–Crippen MR) is 89.3 cm³/mol. The van der Waals surface area contributed by atoms with Crippen molar-refractivity contribution in [1.82, 2.24) is 10.3 Å². The Morgan fingerprint density at radius 3 is 2.39 bits per heavy atom. The number of urea groups is 1. The average molecular weight is 333 g/mol. The van der Waals surface area contributed by atoms with Crippen LogP contribution >= 0.6 is 11.6 Å². The normalized spacial score (nSPS) is 11.6. The molecule has 0 bridgehead atoms. The van der Waals surface area contributed by atoms with E-state index in [1.54, 1.807) is 30.3 Å². The van der Waals surface area contributed by atoms with Crippen molar-refractivity contribution in [2.45, 2.75) is 19.9 Å². The third kappa shape index (κ3) is 4.69. The summed E-state index contributed by atoms with van der Waals surface area (Å²) in [5.74, 6) is -0.268. The highest BCUT2D eigenvalue weighted by molar-refractivity contribution is 6.30. The molecule has 1 aromatic carbocycles. The van der Waals surface area contributed by atoms with Gasteiger partial charge >= 0.3 is 6.03 Å². The fraction of sp³-hybridized carbons (Fsp3) is 0.188. The van der Waals surface area contributed by atoms with Gasteiger partial charge in [0.25, 0.3) is 0 Å². The molecule has 0 radical (unpaired) electrons. The van der Waals surface area contributed by atoms with Crippen LogP contribution in [0, 0.1) is 13.8 Å². The number of pyridine rings is 1. The van der Waals surface area contributed by atoms with Crippen LogP contribution in [0.2, 0.25) is 5.02 Å². The van der Waals surface area contributed by atoms with Gasteiger partial charge in [-0.25, -0.2) is 9.78 Å². The summed E-state index contributed by atoms with van der Waals surface area (Å²) in [6.07, 6.45) is 0. The van der Waals surface area contributed by atoms with Gasteiger partial charge in [0.15, 0.2) is 0 Å². The zero-order valence-corrected chi connectivity index (χ0v) is 13.5. The number of rotatable bonds is 4. The predicted octanol–water partition coefficient (Wildman–Crippen LogP) is 2.70. The Kier molecular flexibility index (Phi) is 5.18. The second kappa shape index (κ2) is 7.11. The van der Waals surface area contributed by atoms with Gasteiger partial charge < -0.3 is 11.1 Å². The zero-order valence-electron chi connectivity index (χ0n) is 12.8. The fourth-order valence-corrected chi connectivity index (χ4v) is 2.29. The van der Waals surface area contributed by atoms with Gasteiger partial charge in [0.1, 0.15) is 11.9 Å². The summed E-state index contributed by atoms with van der Waals surface area (Å²) in [4.78, 5) is 27.9. The maximum absolute atomic E-state index is 12.1. The molecule has 1 atom stereocenters. The minimum Gasteiger partial charge on any atom is -0.368 e. The lowest BCUT2D eigenvalue weighted by Crippen LogP contribution is -2.39. The van der Waals surface area contributed by atoms with E-state index < -0.39 is 18.0 Å². The summed E-state index contributed by atoms with van der Waals surface area (Å²) in [6.45, 7) is 3.73. The smallest absolute Gasteiger partial charge is 0.321 e. The Hall–Kier alpha value is -2.60. The molecule has 0 aliphatic rings. The van der Waals surface area contributed by atoms with Gasteiger partial charge in [-0.05, 0) is 49.2 Å². The Labute approximate surface area is 139 Å². The summed E-state index contributed by atoms with van der Waals surface area (Å²) in [7, 11) is 0. The molecule has 6 nitrogen and oxygen atoms in total. The Bertz CT molecular complexity index is 711. The maximum Gasteiger partial charge on any atom is 0.321 e. The van der Waals surface area contributed by atoms with Gasteiger partial charge in [-0.15, -0.1) is 0 Å². The second-order valence-electron chi connectivity index (χ2n) is 5.16. The molecule has 1 unspecified atom stereocenters. The number of primary amides is 1. The molecule has 4 N–H and O–H groups in total. The Morgan fingerprint density at radius 1 is 1.17 bits per heavy atom. The monoisotopic (exact) mass is 332 g/mol. The largest absolute Gasteiger partial charge is 0.368 e. The summed E-state index contributed by atoms with van der Waals surface area (Å²) < 4.78 is 0. The van der Waals surface area contributed by atoms with Gasteiger partial charge in [-0.3, -0.25) is 10.1 Å². The summed E-state index contributed by atoms with van der Waals surface area (Å²) in [5.41, 5.74) is 7.66. The molecule has 0 fully saturated rings. The molecule has 0 aliphatic heterocycles. The molecule has 2 rings (SSSR count). The topological polar surface area (TPSA) is 97.1 Å². The van der Waals surface area contributed by atoms with Crippen molar-refractivity contribution in [1.29, 1.82) is 0 Å². The first-order valence-corrected chi connectivity index (χ1v) is 7.30. The molecule has 1 aromatic heterocycles. The molecule has 3 amide bonds. The highest BCUT2D eigenvalue weighted by Gasteiger charge is 2.20. The number of hydrogen-bond donors (Lipinski definition) is 3. The highest BCUT2D eigenvalue weighted by Crippen LogP contribution is 2.17. The number of benzene rings is 1. The number of hydrogen-bond acceptors (Lipinski definition) is 3. The van der Waals surface area contributed by atoms with E-state index in [4.69, 9.17) is 17.3 Å².